The largest absolute Gasteiger partial charge is 0.487 e. The Morgan fingerprint density at radius 3 is 2.42 bits per heavy atom. The van der Waals surface area contributed by atoms with Crippen LogP contribution in [0.1, 0.15) is 36.6 Å². The minimum atomic E-state index is -0.653. The number of thiazole rings is 1. The Labute approximate surface area is 250 Å². The summed E-state index contributed by atoms with van der Waals surface area (Å²) in [5.41, 5.74) is 3.00. The number of fused-ring (bicyclic) bond motifs is 1. The van der Waals surface area contributed by atoms with E-state index in [0.717, 1.165) is 16.7 Å². The standard InChI is InChI=1S/C30H23Br2FN2O4S/c1-3-38-29(37)25-17(2)34-30-35(26(25)20-7-5-4-6-8-20)28(36)24(40-30)15-19-13-22(31)27(23(32)14-19)39-16-18-9-11-21(33)12-10-18/h4-15,26H,3,16H2,1-2H3/b24-15+/t26-/m1/s1. The van der Waals surface area contributed by atoms with Gasteiger partial charge in [-0.15, -0.1) is 0 Å². The highest BCUT2D eigenvalue weighted by Gasteiger charge is 2.33. The molecule has 4 aromatic rings. The minimum Gasteiger partial charge on any atom is -0.487 e. The third kappa shape index (κ3) is 5.75. The van der Waals surface area contributed by atoms with E-state index in [1.54, 1.807) is 36.6 Å². The number of carbonyl (C=O) groups is 1. The fourth-order valence-corrected chi connectivity index (χ4v) is 6.93. The fourth-order valence-electron chi connectivity index (χ4n) is 4.43. The number of rotatable bonds is 7. The Balaban J connectivity index is 1.54. The first-order valence-corrected chi connectivity index (χ1v) is 14.8. The van der Waals surface area contributed by atoms with Crippen molar-refractivity contribution in [2.24, 2.45) is 4.99 Å². The molecule has 0 unspecified atom stereocenters. The van der Waals surface area contributed by atoms with Crippen LogP contribution in [0.4, 0.5) is 4.39 Å². The lowest BCUT2D eigenvalue weighted by atomic mass is 9.96. The topological polar surface area (TPSA) is 69.9 Å². The van der Waals surface area contributed by atoms with Gasteiger partial charge in [0.05, 0.1) is 37.4 Å². The second-order valence-corrected chi connectivity index (χ2v) is 11.7. The summed E-state index contributed by atoms with van der Waals surface area (Å²) in [5, 5.41) is 0. The van der Waals surface area contributed by atoms with Crippen molar-refractivity contribution in [2.75, 3.05) is 6.61 Å². The molecule has 0 spiro atoms. The van der Waals surface area contributed by atoms with Crippen LogP contribution in [0, 0.1) is 5.82 Å². The molecular formula is C30H23Br2FN2O4S. The fraction of sp³-hybridized carbons (Fsp3) is 0.167. The van der Waals surface area contributed by atoms with Gasteiger partial charge in [-0.25, -0.2) is 14.2 Å². The van der Waals surface area contributed by atoms with Crippen molar-refractivity contribution < 1.29 is 18.7 Å². The maximum Gasteiger partial charge on any atom is 0.338 e. The van der Waals surface area contributed by atoms with Crippen molar-refractivity contribution in [3.8, 4) is 5.75 Å². The van der Waals surface area contributed by atoms with Gasteiger partial charge in [0.1, 0.15) is 18.2 Å². The van der Waals surface area contributed by atoms with Crippen LogP contribution in [0.3, 0.4) is 0 Å². The number of hydrogen-bond acceptors (Lipinski definition) is 6. The summed E-state index contributed by atoms with van der Waals surface area (Å²) in [5.74, 6) is -0.208. The highest BCUT2D eigenvalue weighted by atomic mass is 79.9. The number of halogens is 3. The summed E-state index contributed by atoms with van der Waals surface area (Å²) >= 11 is 8.39. The first-order chi connectivity index (χ1) is 19.3. The molecule has 5 rings (SSSR count). The number of nitrogens with zero attached hydrogens (tertiary/aromatic N) is 2. The highest BCUT2D eigenvalue weighted by molar-refractivity contribution is 9.11. The quantitative estimate of drug-likeness (QED) is 0.223. The van der Waals surface area contributed by atoms with Gasteiger partial charge in [0.25, 0.3) is 5.56 Å². The molecule has 0 radical (unpaired) electrons. The molecule has 10 heteroatoms. The van der Waals surface area contributed by atoms with Gasteiger partial charge in [-0.1, -0.05) is 53.8 Å². The van der Waals surface area contributed by atoms with Crippen molar-refractivity contribution in [2.45, 2.75) is 26.5 Å². The van der Waals surface area contributed by atoms with E-state index in [1.807, 2.05) is 42.5 Å². The molecule has 1 aliphatic heterocycles. The first kappa shape index (κ1) is 28.2. The maximum absolute atomic E-state index is 13.8. The van der Waals surface area contributed by atoms with E-state index < -0.39 is 12.0 Å². The van der Waals surface area contributed by atoms with Gasteiger partial charge in [-0.2, -0.15) is 0 Å². The molecule has 1 aromatic heterocycles. The van der Waals surface area contributed by atoms with Crippen LogP contribution in [0.15, 0.2) is 96.7 Å². The van der Waals surface area contributed by atoms with Gasteiger partial charge in [0.2, 0.25) is 0 Å². The zero-order valence-corrected chi connectivity index (χ0v) is 25.5. The van der Waals surface area contributed by atoms with Crippen molar-refractivity contribution >= 4 is 55.2 Å². The molecule has 40 heavy (non-hydrogen) atoms. The van der Waals surface area contributed by atoms with E-state index in [4.69, 9.17) is 9.47 Å². The molecule has 0 saturated heterocycles. The molecule has 2 heterocycles. The van der Waals surface area contributed by atoms with E-state index in [1.165, 1.54) is 23.5 Å². The highest BCUT2D eigenvalue weighted by Crippen LogP contribution is 2.36. The molecule has 6 nitrogen and oxygen atoms in total. The molecule has 0 amide bonds. The van der Waals surface area contributed by atoms with Crippen LogP contribution in [0.2, 0.25) is 0 Å². The lowest BCUT2D eigenvalue weighted by Crippen LogP contribution is -2.39. The molecule has 0 N–H and O–H groups in total. The zero-order valence-electron chi connectivity index (χ0n) is 21.5. The lowest BCUT2D eigenvalue weighted by molar-refractivity contribution is -0.139. The van der Waals surface area contributed by atoms with Crippen molar-refractivity contribution in [1.82, 2.24) is 4.57 Å². The second kappa shape index (κ2) is 12.0. The van der Waals surface area contributed by atoms with Crippen LogP contribution in [0.25, 0.3) is 6.08 Å². The number of ether oxygens (including phenoxy) is 2. The van der Waals surface area contributed by atoms with Gasteiger partial charge < -0.3 is 9.47 Å². The van der Waals surface area contributed by atoms with Crippen molar-refractivity contribution in [3.63, 3.8) is 0 Å². The average Bonchev–Trinajstić information content (AvgIpc) is 3.23. The number of esters is 1. The monoisotopic (exact) mass is 684 g/mol. The second-order valence-electron chi connectivity index (χ2n) is 8.94. The third-order valence-electron chi connectivity index (χ3n) is 6.25. The SMILES string of the molecule is CCOC(=O)C1=C(C)N=c2s/c(=C/c3cc(Br)c(OCc4ccc(F)cc4)c(Br)c3)c(=O)n2[C@@H]1c1ccccc1. The van der Waals surface area contributed by atoms with Crippen LogP contribution >= 0.6 is 43.2 Å². The summed E-state index contributed by atoms with van der Waals surface area (Å²) in [4.78, 5) is 31.9. The third-order valence-corrected chi connectivity index (χ3v) is 8.41. The Morgan fingerprint density at radius 2 is 1.77 bits per heavy atom. The lowest BCUT2D eigenvalue weighted by Gasteiger charge is -2.24. The molecule has 1 aliphatic rings. The average molecular weight is 686 g/mol. The minimum absolute atomic E-state index is 0.217. The van der Waals surface area contributed by atoms with Gasteiger partial charge in [0.15, 0.2) is 4.80 Å². The summed E-state index contributed by atoms with van der Waals surface area (Å²) in [7, 11) is 0. The summed E-state index contributed by atoms with van der Waals surface area (Å²) in [6.07, 6.45) is 1.79. The number of carbonyl (C=O) groups excluding carboxylic acids is 1. The van der Waals surface area contributed by atoms with Crippen molar-refractivity contribution in [3.05, 3.63) is 129 Å². The predicted molar refractivity (Wildman–Crippen MR) is 159 cm³/mol. The van der Waals surface area contributed by atoms with E-state index in [2.05, 4.69) is 36.9 Å². The molecular weight excluding hydrogens is 663 g/mol. The number of aromatic nitrogens is 1. The Morgan fingerprint density at radius 1 is 1.10 bits per heavy atom. The maximum atomic E-state index is 13.8. The molecule has 0 fully saturated rings. The molecule has 0 aliphatic carbocycles. The summed E-state index contributed by atoms with van der Waals surface area (Å²) in [6.45, 7) is 3.99. The Hall–Kier alpha value is -3.34. The van der Waals surface area contributed by atoms with Crippen LogP contribution in [-0.2, 0) is 16.1 Å². The molecule has 3 aromatic carbocycles. The van der Waals surface area contributed by atoms with Crippen LogP contribution in [-0.4, -0.2) is 17.1 Å². The van der Waals surface area contributed by atoms with Crippen LogP contribution in [0.5, 0.6) is 5.75 Å². The normalized spacial score (nSPS) is 15.0. The molecule has 0 saturated carbocycles. The van der Waals surface area contributed by atoms with Gasteiger partial charge in [0, 0.05) is 0 Å². The number of benzene rings is 3. The van der Waals surface area contributed by atoms with E-state index in [9.17, 15) is 14.0 Å². The van der Waals surface area contributed by atoms with E-state index in [0.29, 0.717) is 35.3 Å². The number of hydrogen-bond donors (Lipinski definition) is 0. The Bertz CT molecular complexity index is 1780. The molecule has 204 valence electrons. The zero-order chi connectivity index (χ0) is 28.4. The predicted octanol–water partition coefficient (Wildman–Crippen LogP) is 6.04. The van der Waals surface area contributed by atoms with Crippen molar-refractivity contribution in [1.29, 1.82) is 0 Å². The number of allylic oxidation sites excluding steroid dienone is 1. The molecule has 0 bridgehead atoms. The van der Waals surface area contributed by atoms with Gasteiger partial charge in [-0.3, -0.25) is 9.36 Å². The van der Waals surface area contributed by atoms with Crippen LogP contribution < -0.4 is 19.6 Å². The van der Waals surface area contributed by atoms with Gasteiger partial charge >= 0.3 is 5.97 Å². The smallest absolute Gasteiger partial charge is 0.338 e. The van der Waals surface area contributed by atoms with E-state index in [-0.39, 0.29) is 24.6 Å². The Kier molecular flexibility index (Phi) is 8.48. The summed E-state index contributed by atoms with van der Waals surface area (Å²) in [6, 6.07) is 18.6. The molecule has 1 atom stereocenters. The summed E-state index contributed by atoms with van der Waals surface area (Å²) < 4.78 is 27.9. The van der Waals surface area contributed by atoms with Gasteiger partial charge in [-0.05, 0) is 92.7 Å². The first-order valence-electron chi connectivity index (χ1n) is 12.4. The van der Waals surface area contributed by atoms with E-state index >= 15 is 0 Å².